The number of aryl methyl sites for hydroxylation is 1. The Hall–Kier alpha value is -2.31. The predicted octanol–water partition coefficient (Wildman–Crippen LogP) is 2.08. The lowest BCUT2D eigenvalue weighted by Crippen LogP contribution is -2.40. The van der Waals surface area contributed by atoms with Gasteiger partial charge in [0.2, 0.25) is 0 Å². The van der Waals surface area contributed by atoms with Crippen LogP contribution in [0.3, 0.4) is 0 Å². The van der Waals surface area contributed by atoms with Crippen molar-refractivity contribution in [1.29, 1.82) is 0 Å². The first kappa shape index (κ1) is 14.6. The fourth-order valence-corrected chi connectivity index (χ4v) is 2.67. The zero-order chi connectivity index (χ0) is 15.6. The van der Waals surface area contributed by atoms with Crippen LogP contribution in [0.1, 0.15) is 0 Å². The molecule has 0 saturated heterocycles. The highest BCUT2D eigenvalue weighted by Gasteiger charge is 2.12. The van der Waals surface area contributed by atoms with E-state index in [-0.39, 0.29) is 12.3 Å². The summed E-state index contributed by atoms with van der Waals surface area (Å²) in [7, 11) is -3.99. The van der Waals surface area contributed by atoms with Crippen LogP contribution < -0.4 is 4.68 Å². The number of hydrogen-bond acceptors (Lipinski definition) is 3. The van der Waals surface area contributed by atoms with Crippen LogP contribution >= 0.6 is 0 Å². The molecule has 0 spiro atoms. The zero-order valence-corrected chi connectivity index (χ0v) is 12.6. The lowest BCUT2D eigenvalue weighted by molar-refractivity contribution is -0.747. The predicted molar refractivity (Wildman–Crippen MR) is 83.8 cm³/mol. The highest BCUT2D eigenvalue weighted by atomic mass is 32.2. The van der Waals surface area contributed by atoms with E-state index >= 15 is 0 Å². The Kier molecular flexibility index (Phi) is 3.87. The van der Waals surface area contributed by atoms with Crippen LogP contribution in [-0.4, -0.2) is 23.8 Å². The van der Waals surface area contributed by atoms with E-state index in [1.807, 2.05) is 54.6 Å². The number of benzene rings is 2. The second kappa shape index (κ2) is 5.82. The normalized spacial score (nSPS) is 11.7. The Balaban J connectivity index is 1.96. The monoisotopic (exact) mass is 315 g/mol. The van der Waals surface area contributed by atoms with Crippen LogP contribution in [0.2, 0.25) is 0 Å². The lowest BCUT2D eigenvalue weighted by atomic mass is 10.0. The van der Waals surface area contributed by atoms with Crippen LogP contribution in [0.15, 0.2) is 60.8 Å². The molecule has 1 heterocycles. The van der Waals surface area contributed by atoms with Crippen molar-refractivity contribution < 1.29 is 17.7 Å². The first-order valence-corrected chi connectivity index (χ1v) is 8.43. The Morgan fingerprint density at radius 1 is 1.00 bits per heavy atom. The second-order valence-corrected chi connectivity index (χ2v) is 6.58. The van der Waals surface area contributed by atoms with E-state index in [4.69, 9.17) is 4.55 Å². The first-order chi connectivity index (χ1) is 10.5. The summed E-state index contributed by atoms with van der Waals surface area (Å²) in [5.74, 6) is -0.353. The third-order valence-electron chi connectivity index (χ3n) is 3.38. The maximum absolute atomic E-state index is 10.8. The van der Waals surface area contributed by atoms with Gasteiger partial charge in [-0.2, -0.15) is 8.42 Å². The van der Waals surface area contributed by atoms with Crippen molar-refractivity contribution >= 4 is 21.0 Å². The molecule has 0 unspecified atom stereocenters. The highest BCUT2D eigenvalue weighted by molar-refractivity contribution is 7.85. The zero-order valence-electron chi connectivity index (χ0n) is 11.8. The minimum absolute atomic E-state index is 0.115. The Morgan fingerprint density at radius 3 is 2.50 bits per heavy atom. The number of nitrogens with zero attached hydrogens (tertiary/aromatic N) is 2. The van der Waals surface area contributed by atoms with E-state index in [0.717, 1.165) is 22.0 Å². The molecule has 112 valence electrons. The van der Waals surface area contributed by atoms with Gasteiger partial charge in [-0.05, 0) is 17.2 Å². The standard InChI is InChI=1S/C16H14N2O3S/c19-22(20,21)11-10-18-9-8-14-6-7-15(12-16(14)17-18)13-4-2-1-3-5-13/h1-9,12H,10-11H2/p+1. The van der Waals surface area contributed by atoms with E-state index < -0.39 is 10.1 Å². The molecule has 6 heteroatoms. The quantitative estimate of drug-likeness (QED) is 0.591. The molecule has 2 aromatic carbocycles. The SMILES string of the molecule is O=S(=O)(O)CC[n+]1ccc2ccc(-c3ccccc3)cc2n1. The van der Waals surface area contributed by atoms with Crippen molar-refractivity contribution in [2.24, 2.45) is 0 Å². The molecule has 0 radical (unpaired) electrons. The maximum Gasteiger partial charge on any atom is 0.271 e. The molecule has 22 heavy (non-hydrogen) atoms. The number of rotatable bonds is 4. The summed E-state index contributed by atoms with van der Waals surface area (Å²) >= 11 is 0. The smallest absolute Gasteiger partial charge is 0.271 e. The van der Waals surface area contributed by atoms with Crippen molar-refractivity contribution in [2.45, 2.75) is 6.54 Å². The number of aromatic nitrogens is 2. The Morgan fingerprint density at radius 2 is 1.77 bits per heavy atom. The summed E-state index contributed by atoms with van der Waals surface area (Å²) in [5.41, 5.74) is 2.92. The largest absolute Gasteiger partial charge is 0.285 e. The molecule has 0 atom stereocenters. The molecule has 5 nitrogen and oxygen atoms in total. The topological polar surface area (TPSA) is 71.1 Å². The minimum Gasteiger partial charge on any atom is -0.285 e. The molecule has 0 bridgehead atoms. The summed E-state index contributed by atoms with van der Waals surface area (Å²) in [6.07, 6.45) is 1.70. The number of fused-ring (bicyclic) bond motifs is 1. The van der Waals surface area contributed by atoms with Crippen molar-refractivity contribution in [1.82, 2.24) is 5.10 Å². The van der Waals surface area contributed by atoms with Crippen LogP contribution in [0.4, 0.5) is 0 Å². The van der Waals surface area contributed by atoms with Gasteiger partial charge < -0.3 is 0 Å². The van der Waals surface area contributed by atoms with E-state index in [1.165, 1.54) is 4.68 Å². The van der Waals surface area contributed by atoms with Crippen molar-refractivity contribution in [3.63, 3.8) is 0 Å². The summed E-state index contributed by atoms with van der Waals surface area (Å²) in [6, 6.07) is 17.8. The summed E-state index contributed by atoms with van der Waals surface area (Å²) in [6.45, 7) is 0.115. The highest BCUT2D eigenvalue weighted by Crippen LogP contribution is 2.22. The van der Waals surface area contributed by atoms with Crippen molar-refractivity contribution in [3.8, 4) is 11.1 Å². The van der Waals surface area contributed by atoms with Gasteiger partial charge in [0.15, 0.2) is 12.7 Å². The maximum atomic E-state index is 10.8. The number of hydrogen-bond donors (Lipinski definition) is 1. The molecular weight excluding hydrogens is 300 g/mol. The summed E-state index contributed by atoms with van der Waals surface area (Å²) < 4.78 is 32.0. The van der Waals surface area contributed by atoms with Crippen molar-refractivity contribution in [3.05, 3.63) is 60.8 Å². The summed E-state index contributed by atoms with van der Waals surface area (Å²) in [4.78, 5) is 0. The molecule has 0 fully saturated rings. The lowest BCUT2D eigenvalue weighted by Gasteiger charge is -2.02. The Labute approximate surface area is 128 Å². The van der Waals surface area contributed by atoms with Crippen LogP contribution in [0, 0.1) is 0 Å². The molecule has 0 saturated carbocycles. The minimum atomic E-state index is -3.99. The van der Waals surface area contributed by atoms with Gasteiger partial charge in [-0.3, -0.25) is 4.55 Å². The molecule has 0 aliphatic rings. The van der Waals surface area contributed by atoms with Gasteiger partial charge in [0, 0.05) is 16.6 Å². The fraction of sp³-hybridized carbons (Fsp3) is 0.125. The van der Waals surface area contributed by atoms with Crippen molar-refractivity contribution in [2.75, 3.05) is 5.75 Å². The van der Waals surface area contributed by atoms with Gasteiger partial charge >= 0.3 is 0 Å². The third kappa shape index (κ3) is 3.47. The van der Waals surface area contributed by atoms with Crippen LogP contribution in [0.25, 0.3) is 22.0 Å². The Bertz CT molecular complexity index is 909. The fourth-order valence-electron chi connectivity index (χ4n) is 2.25. The van der Waals surface area contributed by atoms with Crippen LogP contribution in [-0.2, 0) is 16.7 Å². The molecule has 1 N–H and O–H groups in total. The third-order valence-corrected chi connectivity index (χ3v) is 4.08. The van der Waals surface area contributed by atoms with Crippen LogP contribution in [0.5, 0.6) is 0 Å². The van der Waals surface area contributed by atoms with Gasteiger partial charge in [0.05, 0.1) is 0 Å². The molecule has 0 aliphatic carbocycles. The van der Waals surface area contributed by atoms with Gasteiger partial charge in [0.25, 0.3) is 10.1 Å². The molecule has 3 rings (SSSR count). The van der Waals surface area contributed by atoms with Gasteiger partial charge in [-0.15, -0.1) is 0 Å². The molecule has 3 aromatic rings. The van der Waals surface area contributed by atoms with E-state index in [1.54, 1.807) is 6.20 Å². The van der Waals surface area contributed by atoms with Gasteiger partial charge in [-0.1, -0.05) is 47.1 Å². The molecule has 1 aromatic heterocycles. The molecular formula is C16H15N2O3S+. The first-order valence-electron chi connectivity index (χ1n) is 6.82. The average molecular weight is 315 g/mol. The van der Waals surface area contributed by atoms with Gasteiger partial charge in [0.1, 0.15) is 11.3 Å². The van der Waals surface area contributed by atoms with Gasteiger partial charge in [-0.25, -0.2) is 0 Å². The average Bonchev–Trinajstić information content (AvgIpc) is 2.52. The van der Waals surface area contributed by atoms with E-state index in [9.17, 15) is 8.42 Å². The molecule has 0 amide bonds. The second-order valence-electron chi connectivity index (χ2n) is 5.00. The van der Waals surface area contributed by atoms with E-state index in [2.05, 4.69) is 5.10 Å². The summed E-state index contributed by atoms with van der Waals surface area (Å²) in [5, 5.41) is 5.38. The molecule has 0 aliphatic heterocycles. The van der Waals surface area contributed by atoms with E-state index in [0.29, 0.717) is 0 Å².